The van der Waals surface area contributed by atoms with Crippen molar-refractivity contribution in [3.8, 4) is 17.0 Å². The number of ether oxygens (including phenoxy) is 1. The van der Waals surface area contributed by atoms with Gasteiger partial charge in [-0.2, -0.15) is 23.4 Å². The van der Waals surface area contributed by atoms with Gasteiger partial charge in [-0.05, 0) is 35.0 Å². The lowest BCUT2D eigenvalue weighted by Crippen LogP contribution is -2.15. The molecule has 0 spiro atoms. The molecule has 0 aliphatic rings. The number of nitrogens with zero attached hydrogens (tertiary/aromatic N) is 5. The maximum atomic E-state index is 14.1. The summed E-state index contributed by atoms with van der Waals surface area (Å²) >= 11 is 5.96. The molecule has 1 amide bonds. The largest absolute Gasteiger partial charge is 0.471 e. The molecule has 6 aromatic rings. The smallest absolute Gasteiger partial charge is 0.433 e. The van der Waals surface area contributed by atoms with E-state index in [0.29, 0.717) is 26.5 Å². The van der Waals surface area contributed by atoms with Crippen LogP contribution in [-0.2, 0) is 12.9 Å². The molecule has 0 radical (unpaired) electrons. The highest BCUT2D eigenvalue weighted by atomic mass is 35.5. The van der Waals surface area contributed by atoms with Crippen molar-refractivity contribution in [2.24, 2.45) is 0 Å². The van der Waals surface area contributed by atoms with Gasteiger partial charge in [0.05, 0.1) is 30.0 Å². The number of alkyl halides is 3. The molecule has 40 heavy (non-hydrogen) atoms. The SMILES string of the molecule is O=C(Nc1cnn(COc2cccc(Cl)c2)c1)c1cnn2c(C(F)(F)F)cc(-c3cccc4ccccc34)nc12. The second kappa shape index (κ2) is 10.0. The Morgan fingerprint density at radius 3 is 2.60 bits per heavy atom. The molecule has 0 atom stereocenters. The quantitative estimate of drug-likeness (QED) is 0.244. The van der Waals surface area contributed by atoms with Crippen molar-refractivity contribution >= 4 is 39.6 Å². The topological polar surface area (TPSA) is 86.3 Å². The van der Waals surface area contributed by atoms with Gasteiger partial charge in [0.15, 0.2) is 18.1 Å². The maximum absolute atomic E-state index is 14.1. The zero-order valence-corrected chi connectivity index (χ0v) is 21.2. The fourth-order valence-corrected chi connectivity index (χ4v) is 4.49. The minimum absolute atomic E-state index is 0.0395. The van der Waals surface area contributed by atoms with Crippen LogP contribution in [0, 0.1) is 0 Å². The maximum Gasteiger partial charge on any atom is 0.433 e. The third kappa shape index (κ3) is 4.94. The molecule has 1 N–H and O–H groups in total. The number of hydrogen-bond donors (Lipinski definition) is 1. The van der Waals surface area contributed by atoms with E-state index in [0.717, 1.165) is 23.0 Å². The molecule has 0 saturated heterocycles. The molecule has 3 aromatic carbocycles. The first kappa shape index (κ1) is 25.4. The van der Waals surface area contributed by atoms with E-state index in [1.165, 1.54) is 17.1 Å². The van der Waals surface area contributed by atoms with Crippen LogP contribution in [0.5, 0.6) is 5.75 Å². The normalized spacial score (nSPS) is 11.7. The number of fused-ring (bicyclic) bond motifs is 2. The van der Waals surface area contributed by atoms with Crippen LogP contribution in [0.2, 0.25) is 5.02 Å². The number of carbonyl (C=O) groups is 1. The van der Waals surface area contributed by atoms with Gasteiger partial charge in [0.2, 0.25) is 0 Å². The standard InChI is InChI=1S/C28H18ClF3N6O2/c29-18-7-4-8-20(11-18)40-16-37-15-19(13-33-37)35-27(39)23-14-34-38-25(28(30,31)32)12-24(36-26(23)38)22-10-3-6-17-5-1-2-9-21(17)22/h1-15H,16H2,(H,35,39). The van der Waals surface area contributed by atoms with Gasteiger partial charge in [0, 0.05) is 10.6 Å². The number of anilines is 1. The van der Waals surface area contributed by atoms with Crippen molar-refractivity contribution in [1.29, 1.82) is 0 Å². The molecule has 0 bridgehead atoms. The highest BCUT2D eigenvalue weighted by Gasteiger charge is 2.36. The Labute approximate surface area is 229 Å². The van der Waals surface area contributed by atoms with Crippen LogP contribution in [-0.4, -0.2) is 30.3 Å². The van der Waals surface area contributed by atoms with Crippen molar-refractivity contribution in [3.05, 3.63) is 108 Å². The molecular weight excluding hydrogens is 545 g/mol. The Hall–Kier alpha value is -4.90. The average Bonchev–Trinajstić information content (AvgIpc) is 3.57. The molecule has 6 rings (SSSR count). The first-order chi connectivity index (χ1) is 19.3. The average molecular weight is 563 g/mol. The number of rotatable bonds is 6. The lowest BCUT2D eigenvalue weighted by molar-refractivity contribution is -0.142. The fourth-order valence-electron chi connectivity index (χ4n) is 4.31. The number of benzene rings is 3. The van der Waals surface area contributed by atoms with Gasteiger partial charge in [-0.1, -0.05) is 60.1 Å². The summed E-state index contributed by atoms with van der Waals surface area (Å²) in [5, 5.41) is 12.7. The van der Waals surface area contributed by atoms with Crippen molar-refractivity contribution in [3.63, 3.8) is 0 Å². The summed E-state index contributed by atoms with van der Waals surface area (Å²) in [5.74, 6) is -0.158. The predicted molar refractivity (Wildman–Crippen MR) is 143 cm³/mol. The number of hydrogen-bond acceptors (Lipinski definition) is 5. The van der Waals surface area contributed by atoms with E-state index >= 15 is 0 Å². The van der Waals surface area contributed by atoms with Gasteiger partial charge in [-0.3, -0.25) is 4.79 Å². The lowest BCUT2D eigenvalue weighted by Gasteiger charge is -2.13. The Bertz CT molecular complexity index is 1880. The molecule has 3 aromatic heterocycles. The third-order valence-electron chi connectivity index (χ3n) is 6.12. The van der Waals surface area contributed by atoms with Crippen LogP contribution < -0.4 is 10.1 Å². The van der Waals surface area contributed by atoms with E-state index in [2.05, 4.69) is 20.5 Å². The second-order valence-corrected chi connectivity index (χ2v) is 9.23. The first-order valence-electron chi connectivity index (χ1n) is 11.9. The van der Waals surface area contributed by atoms with Gasteiger partial charge >= 0.3 is 6.18 Å². The van der Waals surface area contributed by atoms with Gasteiger partial charge in [0.25, 0.3) is 5.91 Å². The number of nitrogens with one attached hydrogen (secondary N) is 1. The summed E-state index contributed by atoms with van der Waals surface area (Å²) in [7, 11) is 0. The van der Waals surface area contributed by atoms with Crippen molar-refractivity contribution < 1.29 is 22.7 Å². The second-order valence-electron chi connectivity index (χ2n) is 8.80. The summed E-state index contributed by atoms with van der Waals surface area (Å²) < 4.78 is 49.9. The number of aromatic nitrogens is 5. The zero-order chi connectivity index (χ0) is 27.9. The van der Waals surface area contributed by atoms with Crippen molar-refractivity contribution in [2.45, 2.75) is 12.9 Å². The van der Waals surface area contributed by atoms with Crippen molar-refractivity contribution in [2.75, 3.05) is 5.32 Å². The molecule has 0 saturated carbocycles. The third-order valence-corrected chi connectivity index (χ3v) is 6.36. The summed E-state index contributed by atoms with van der Waals surface area (Å²) in [6.07, 6.45) is -0.776. The fraction of sp³-hybridized carbons (Fsp3) is 0.0714. The Morgan fingerprint density at radius 2 is 1.77 bits per heavy atom. The van der Waals surface area contributed by atoms with E-state index in [1.807, 2.05) is 24.3 Å². The summed E-state index contributed by atoms with van der Waals surface area (Å²) in [6.45, 7) is 0.0395. The molecule has 8 nitrogen and oxygen atoms in total. The van der Waals surface area contributed by atoms with Crippen LogP contribution in [0.3, 0.4) is 0 Å². The molecule has 0 fully saturated rings. The monoisotopic (exact) mass is 562 g/mol. The minimum Gasteiger partial charge on any atom is -0.471 e. The van der Waals surface area contributed by atoms with Gasteiger partial charge in [0.1, 0.15) is 11.3 Å². The molecular formula is C28H18ClF3N6O2. The summed E-state index contributed by atoms with van der Waals surface area (Å²) in [5.41, 5.74) is -0.537. The van der Waals surface area contributed by atoms with Crippen molar-refractivity contribution in [1.82, 2.24) is 24.4 Å². The van der Waals surface area contributed by atoms with E-state index < -0.39 is 17.8 Å². The van der Waals surface area contributed by atoms with Crippen LogP contribution in [0.15, 0.2) is 91.4 Å². The summed E-state index contributed by atoms with van der Waals surface area (Å²) in [6, 6.07) is 20.4. The Morgan fingerprint density at radius 1 is 0.975 bits per heavy atom. The van der Waals surface area contributed by atoms with Gasteiger partial charge < -0.3 is 10.1 Å². The first-order valence-corrected chi connectivity index (χ1v) is 12.3. The Kier molecular flexibility index (Phi) is 6.35. The molecule has 3 heterocycles. The van der Waals surface area contributed by atoms with Gasteiger partial charge in [-0.25, -0.2) is 14.2 Å². The number of carbonyl (C=O) groups excluding carboxylic acids is 1. The number of amides is 1. The number of halogens is 4. The molecule has 0 aliphatic heterocycles. The summed E-state index contributed by atoms with van der Waals surface area (Å²) in [4.78, 5) is 17.6. The minimum atomic E-state index is -4.75. The van der Waals surface area contributed by atoms with E-state index in [1.54, 1.807) is 42.5 Å². The predicted octanol–water partition coefficient (Wildman–Crippen LogP) is 6.71. The molecule has 0 aliphatic carbocycles. The molecule has 200 valence electrons. The van der Waals surface area contributed by atoms with Crippen LogP contribution in [0.4, 0.5) is 18.9 Å². The lowest BCUT2D eigenvalue weighted by atomic mass is 10.0. The van der Waals surface area contributed by atoms with E-state index in [-0.39, 0.29) is 23.6 Å². The van der Waals surface area contributed by atoms with Crippen LogP contribution in [0.25, 0.3) is 27.7 Å². The molecule has 0 unspecified atom stereocenters. The molecule has 12 heteroatoms. The van der Waals surface area contributed by atoms with E-state index in [4.69, 9.17) is 16.3 Å². The Balaban J connectivity index is 1.32. The van der Waals surface area contributed by atoms with E-state index in [9.17, 15) is 18.0 Å². The van der Waals surface area contributed by atoms with Crippen LogP contribution >= 0.6 is 11.6 Å². The van der Waals surface area contributed by atoms with Gasteiger partial charge in [-0.15, -0.1) is 0 Å². The highest BCUT2D eigenvalue weighted by molar-refractivity contribution is 6.30. The highest BCUT2D eigenvalue weighted by Crippen LogP contribution is 2.35. The van der Waals surface area contributed by atoms with Crippen LogP contribution in [0.1, 0.15) is 16.1 Å². The zero-order valence-electron chi connectivity index (χ0n) is 20.4.